The zero-order valence-electron chi connectivity index (χ0n) is 13.0. The molecule has 4 nitrogen and oxygen atoms in total. The summed E-state index contributed by atoms with van der Waals surface area (Å²) in [4.78, 5) is 24.7. The Bertz CT molecular complexity index is 431. The Balaban J connectivity index is 2.11. The second kappa shape index (κ2) is 9.97. The van der Waals surface area contributed by atoms with Gasteiger partial charge in [-0.1, -0.05) is 43.2 Å². The molecule has 0 spiro atoms. The van der Waals surface area contributed by atoms with E-state index in [9.17, 15) is 9.59 Å². The Labute approximate surface area is 127 Å². The highest BCUT2D eigenvalue weighted by molar-refractivity contribution is 5.75. The monoisotopic (exact) mass is 291 g/mol. The average molecular weight is 291 g/mol. The van der Waals surface area contributed by atoms with E-state index < -0.39 is 0 Å². The van der Waals surface area contributed by atoms with E-state index in [1.54, 1.807) is 4.90 Å². The zero-order valence-corrected chi connectivity index (χ0v) is 13.0. The summed E-state index contributed by atoms with van der Waals surface area (Å²) in [6.07, 6.45) is 4.69. The summed E-state index contributed by atoms with van der Waals surface area (Å²) in [6.45, 7) is 0.655. The predicted molar refractivity (Wildman–Crippen MR) is 82.6 cm³/mol. The first-order chi connectivity index (χ1) is 10.1. The van der Waals surface area contributed by atoms with Crippen molar-refractivity contribution >= 4 is 11.9 Å². The molecule has 21 heavy (non-hydrogen) atoms. The number of nitrogens with zero attached hydrogens (tertiary/aromatic N) is 1. The minimum atomic E-state index is -0.159. The number of amides is 1. The predicted octanol–water partition coefficient (Wildman–Crippen LogP) is 3.16. The summed E-state index contributed by atoms with van der Waals surface area (Å²) < 4.78 is 4.58. The molecular formula is C17H25NO3. The number of esters is 1. The number of carbonyl (C=O) groups excluding carboxylic acids is 2. The van der Waals surface area contributed by atoms with Gasteiger partial charge in [-0.25, -0.2) is 0 Å². The maximum atomic E-state index is 12.0. The molecule has 1 aromatic carbocycles. The van der Waals surface area contributed by atoms with Crippen LogP contribution in [-0.4, -0.2) is 30.9 Å². The molecular weight excluding hydrogens is 266 g/mol. The first kappa shape index (κ1) is 17.2. The van der Waals surface area contributed by atoms with Crippen molar-refractivity contribution in [3.63, 3.8) is 0 Å². The van der Waals surface area contributed by atoms with Crippen LogP contribution in [0.3, 0.4) is 0 Å². The number of hydrogen-bond acceptors (Lipinski definition) is 3. The van der Waals surface area contributed by atoms with Crippen LogP contribution in [0.2, 0.25) is 0 Å². The van der Waals surface area contributed by atoms with Gasteiger partial charge in [0.15, 0.2) is 0 Å². The zero-order chi connectivity index (χ0) is 15.5. The first-order valence-electron chi connectivity index (χ1n) is 7.48. The van der Waals surface area contributed by atoms with E-state index in [2.05, 4.69) is 4.74 Å². The van der Waals surface area contributed by atoms with E-state index in [0.717, 1.165) is 31.2 Å². The topological polar surface area (TPSA) is 46.6 Å². The average Bonchev–Trinajstić information content (AvgIpc) is 2.51. The molecule has 0 heterocycles. The number of carbonyl (C=O) groups is 2. The van der Waals surface area contributed by atoms with Gasteiger partial charge in [0.05, 0.1) is 7.11 Å². The number of unbranched alkanes of at least 4 members (excludes halogenated alkanes) is 3. The number of benzene rings is 1. The lowest BCUT2D eigenvalue weighted by molar-refractivity contribution is -0.140. The molecule has 0 aliphatic rings. The van der Waals surface area contributed by atoms with Gasteiger partial charge in [-0.05, 0) is 18.4 Å². The molecule has 0 radical (unpaired) electrons. The molecule has 0 aliphatic heterocycles. The van der Waals surface area contributed by atoms with Crippen LogP contribution in [0.25, 0.3) is 0 Å². The summed E-state index contributed by atoms with van der Waals surface area (Å²) >= 11 is 0. The van der Waals surface area contributed by atoms with Crippen LogP contribution in [0, 0.1) is 0 Å². The van der Waals surface area contributed by atoms with Crippen molar-refractivity contribution in [2.75, 3.05) is 14.2 Å². The lowest BCUT2D eigenvalue weighted by atomic mass is 10.1. The third-order valence-electron chi connectivity index (χ3n) is 3.44. The van der Waals surface area contributed by atoms with Crippen molar-refractivity contribution in [2.24, 2.45) is 0 Å². The van der Waals surface area contributed by atoms with Gasteiger partial charge < -0.3 is 9.64 Å². The highest BCUT2D eigenvalue weighted by Gasteiger charge is 2.08. The third-order valence-corrected chi connectivity index (χ3v) is 3.44. The molecule has 0 bridgehead atoms. The fraction of sp³-hybridized carbons (Fsp3) is 0.529. The van der Waals surface area contributed by atoms with Crippen molar-refractivity contribution in [1.82, 2.24) is 4.90 Å². The first-order valence-corrected chi connectivity index (χ1v) is 7.48. The molecule has 0 unspecified atom stereocenters. The van der Waals surface area contributed by atoms with Crippen molar-refractivity contribution in [1.29, 1.82) is 0 Å². The standard InChI is InChI=1S/C17H25NO3/c1-18(14-15-10-6-5-7-11-15)16(19)12-8-3-4-9-13-17(20)21-2/h5-7,10-11H,3-4,8-9,12-14H2,1-2H3. The number of hydrogen-bond donors (Lipinski definition) is 0. The number of methoxy groups -OCH3 is 1. The molecule has 1 aromatic rings. The molecule has 0 atom stereocenters. The molecule has 0 saturated carbocycles. The smallest absolute Gasteiger partial charge is 0.305 e. The Morgan fingerprint density at radius 1 is 1.00 bits per heavy atom. The molecule has 0 aromatic heterocycles. The van der Waals surface area contributed by atoms with Gasteiger partial charge in [0, 0.05) is 26.4 Å². The second-order valence-electron chi connectivity index (χ2n) is 5.23. The second-order valence-corrected chi connectivity index (χ2v) is 5.23. The molecule has 0 fully saturated rings. The van der Waals surface area contributed by atoms with Crippen LogP contribution in [0.4, 0.5) is 0 Å². The van der Waals surface area contributed by atoms with E-state index in [-0.39, 0.29) is 11.9 Å². The van der Waals surface area contributed by atoms with Gasteiger partial charge in [-0.3, -0.25) is 9.59 Å². The Morgan fingerprint density at radius 3 is 2.24 bits per heavy atom. The van der Waals surface area contributed by atoms with E-state index in [1.807, 2.05) is 37.4 Å². The lowest BCUT2D eigenvalue weighted by Gasteiger charge is -2.17. The fourth-order valence-corrected chi connectivity index (χ4v) is 2.14. The fourth-order valence-electron chi connectivity index (χ4n) is 2.14. The van der Waals surface area contributed by atoms with Crippen LogP contribution in [0.5, 0.6) is 0 Å². The molecule has 0 N–H and O–H groups in total. The lowest BCUT2D eigenvalue weighted by Crippen LogP contribution is -2.25. The Morgan fingerprint density at radius 2 is 1.62 bits per heavy atom. The summed E-state index contributed by atoms with van der Waals surface area (Å²) in [5.74, 6) is 0.0143. The van der Waals surface area contributed by atoms with Crippen molar-refractivity contribution in [3.8, 4) is 0 Å². The Hall–Kier alpha value is -1.84. The van der Waals surface area contributed by atoms with Crippen LogP contribution >= 0.6 is 0 Å². The largest absolute Gasteiger partial charge is 0.469 e. The summed E-state index contributed by atoms with van der Waals surface area (Å²) in [5.41, 5.74) is 1.14. The normalized spacial score (nSPS) is 10.2. The van der Waals surface area contributed by atoms with E-state index >= 15 is 0 Å². The van der Waals surface area contributed by atoms with Gasteiger partial charge >= 0.3 is 5.97 Å². The van der Waals surface area contributed by atoms with Gasteiger partial charge in [-0.2, -0.15) is 0 Å². The minimum Gasteiger partial charge on any atom is -0.469 e. The van der Waals surface area contributed by atoms with E-state index in [0.29, 0.717) is 19.4 Å². The molecule has 4 heteroatoms. The highest BCUT2D eigenvalue weighted by atomic mass is 16.5. The van der Waals surface area contributed by atoms with Crippen LogP contribution in [0.15, 0.2) is 30.3 Å². The van der Waals surface area contributed by atoms with Gasteiger partial charge in [0.25, 0.3) is 0 Å². The summed E-state index contributed by atoms with van der Waals surface area (Å²) in [5, 5.41) is 0. The molecule has 0 saturated heterocycles. The highest BCUT2D eigenvalue weighted by Crippen LogP contribution is 2.09. The van der Waals surface area contributed by atoms with Crippen LogP contribution < -0.4 is 0 Å². The summed E-state index contributed by atoms with van der Waals surface area (Å²) in [6, 6.07) is 9.98. The van der Waals surface area contributed by atoms with Crippen LogP contribution in [-0.2, 0) is 20.9 Å². The summed E-state index contributed by atoms with van der Waals surface area (Å²) in [7, 11) is 3.25. The van der Waals surface area contributed by atoms with Crippen molar-refractivity contribution in [2.45, 2.75) is 45.1 Å². The van der Waals surface area contributed by atoms with Gasteiger partial charge in [0.2, 0.25) is 5.91 Å². The maximum absolute atomic E-state index is 12.0. The van der Waals surface area contributed by atoms with E-state index in [4.69, 9.17) is 0 Å². The van der Waals surface area contributed by atoms with Crippen molar-refractivity contribution < 1.29 is 14.3 Å². The van der Waals surface area contributed by atoms with Gasteiger partial charge in [-0.15, -0.1) is 0 Å². The minimum absolute atomic E-state index is 0.159. The van der Waals surface area contributed by atoms with E-state index in [1.165, 1.54) is 7.11 Å². The molecule has 0 aliphatic carbocycles. The molecule has 116 valence electrons. The number of rotatable bonds is 9. The molecule has 1 amide bonds. The van der Waals surface area contributed by atoms with Crippen molar-refractivity contribution in [3.05, 3.63) is 35.9 Å². The number of ether oxygens (including phenoxy) is 1. The third kappa shape index (κ3) is 7.49. The SMILES string of the molecule is COC(=O)CCCCCCC(=O)N(C)Cc1ccccc1. The Kier molecular flexibility index (Phi) is 8.17. The van der Waals surface area contributed by atoms with Gasteiger partial charge in [0.1, 0.15) is 0 Å². The quantitative estimate of drug-likeness (QED) is 0.518. The van der Waals surface area contributed by atoms with Crippen LogP contribution in [0.1, 0.15) is 44.1 Å². The molecule has 1 rings (SSSR count). The maximum Gasteiger partial charge on any atom is 0.305 e.